The minimum absolute atomic E-state index is 0.0416. The Morgan fingerprint density at radius 1 is 1.37 bits per heavy atom. The van der Waals surface area contributed by atoms with Crippen LogP contribution in [-0.4, -0.2) is 40.7 Å². The average Bonchev–Trinajstić information content (AvgIpc) is 2.34. The van der Waals surface area contributed by atoms with E-state index >= 15 is 0 Å². The molecule has 19 heavy (non-hydrogen) atoms. The fourth-order valence-electron chi connectivity index (χ4n) is 1.84. The lowest BCUT2D eigenvalue weighted by Gasteiger charge is -2.32. The van der Waals surface area contributed by atoms with Gasteiger partial charge in [0, 0.05) is 0 Å². The lowest BCUT2D eigenvalue weighted by molar-refractivity contribution is -0.137. The van der Waals surface area contributed by atoms with Gasteiger partial charge in [-0.05, 0) is 25.1 Å². The Labute approximate surface area is 108 Å². The predicted octanol–water partition coefficient (Wildman–Crippen LogP) is 0.583. The maximum Gasteiger partial charge on any atom is 0.335 e. The van der Waals surface area contributed by atoms with Crippen molar-refractivity contribution in [3.8, 4) is 5.75 Å². The molecule has 1 aromatic carbocycles. The molecule has 1 aliphatic rings. The van der Waals surface area contributed by atoms with E-state index < -0.39 is 30.5 Å². The Balaban J connectivity index is 2.50. The molecule has 2 N–H and O–H groups in total. The summed E-state index contributed by atoms with van der Waals surface area (Å²) in [5.41, 5.74) is 0.116. The Kier molecular flexibility index (Phi) is 3.12. The summed E-state index contributed by atoms with van der Waals surface area (Å²) in [6.45, 7) is 0.966. The number of amides is 1. The van der Waals surface area contributed by atoms with Gasteiger partial charge in [0.2, 0.25) is 0 Å². The Morgan fingerprint density at radius 2 is 2.05 bits per heavy atom. The third kappa shape index (κ3) is 2.35. The predicted molar refractivity (Wildman–Crippen MR) is 63.5 cm³/mol. The van der Waals surface area contributed by atoms with Crippen molar-refractivity contribution in [2.75, 3.05) is 11.4 Å². The molecule has 0 spiro atoms. The first-order valence-electron chi connectivity index (χ1n) is 5.47. The van der Waals surface area contributed by atoms with E-state index in [2.05, 4.69) is 0 Å². The van der Waals surface area contributed by atoms with Gasteiger partial charge < -0.3 is 14.9 Å². The van der Waals surface area contributed by atoms with Gasteiger partial charge in [0.05, 0.1) is 11.3 Å². The number of ether oxygens (including phenoxy) is 1. The lowest BCUT2D eigenvalue weighted by Crippen LogP contribution is -2.46. The van der Waals surface area contributed by atoms with Crippen molar-refractivity contribution >= 4 is 23.5 Å². The number of aliphatic carboxylic acids is 1. The summed E-state index contributed by atoms with van der Waals surface area (Å²) in [5, 5.41) is 17.7. The summed E-state index contributed by atoms with van der Waals surface area (Å²) in [4.78, 5) is 34.6. The Morgan fingerprint density at radius 3 is 2.63 bits per heavy atom. The van der Waals surface area contributed by atoms with Crippen LogP contribution in [0.5, 0.6) is 5.75 Å². The number of rotatable bonds is 3. The van der Waals surface area contributed by atoms with Crippen LogP contribution >= 0.6 is 0 Å². The Bertz CT molecular complexity index is 567. The van der Waals surface area contributed by atoms with E-state index in [4.69, 9.17) is 14.9 Å². The minimum Gasteiger partial charge on any atom is -0.480 e. The summed E-state index contributed by atoms with van der Waals surface area (Å²) < 4.78 is 5.31. The number of hydrogen-bond donors (Lipinski definition) is 2. The third-order valence-electron chi connectivity index (χ3n) is 2.71. The van der Waals surface area contributed by atoms with Gasteiger partial charge in [0.15, 0.2) is 6.10 Å². The average molecular weight is 265 g/mol. The van der Waals surface area contributed by atoms with Gasteiger partial charge in [-0.15, -0.1) is 0 Å². The molecule has 1 aromatic rings. The smallest absolute Gasteiger partial charge is 0.335 e. The SMILES string of the molecule is CC1Oc2ccc(C(=O)O)cc2N(CC(=O)O)C1=O. The molecule has 1 unspecified atom stereocenters. The number of carboxylic acids is 2. The molecule has 0 saturated heterocycles. The topological polar surface area (TPSA) is 104 Å². The van der Waals surface area contributed by atoms with E-state index in [0.717, 1.165) is 4.90 Å². The highest BCUT2D eigenvalue weighted by atomic mass is 16.5. The van der Waals surface area contributed by atoms with Crippen LogP contribution in [0.4, 0.5) is 5.69 Å². The van der Waals surface area contributed by atoms with Gasteiger partial charge in [-0.25, -0.2) is 4.79 Å². The number of aromatic carboxylic acids is 1. The van der Waals surface area contributed by atoms with E-state index in [-0.39, 0.29) is 11.3 Å². The zero-order chi connectivity index (χ0) is 14.2. The number of carbonyl (C=O) groups is 3. The molecule has 0 radical (unpaired) electrons. The van der Waals surface area contributed by atoms with Gasteiger partial charge in [0.1, 0.15) is 12.3 Å². The number of carbonyl (C=O) groups excluding carboxylic acids is 1. The molecule has 1 atom stereocenters. The van der Waals surface area contributed by atoms with Crippen LogP contribution in [-0.2, 0) is 9.59 Å². The summed E-state index contributed by atoms with van der Waals surface area (Å²) >= 11 is 0. The molecule has 0 fully saturated rings. The molecule has 2 rings (SSSR count). The molecular weight excluding hydrogens is 254 g/mol. The van der Waals surface area contributed by atoms with Crippen molar-refractivity contribution in [2.24, 2.45) is 0 Å². The molecule has 7 nitrogen and oxygen atoms in total. The lowest BCUT2D eigenvalue weighted by atomic mass is 10.1. The van der Waals surface area contributed by atoms with Crippen LogP contribution in [0.25, 0.3) is 0 Å². The molecule has 1 heterocycles. The van der Waals surface area contributed by atoms with Gasteiger partial charge in [-0.3, -0.25) is 14.5 Å². The molecule has 1 amide bonds. The number of carboxylic acid groups (broad SMARTS) is 2. The Hall–Kier alpha value is -2.57. The van der Waals surface area contributed by atoms with Crippen LogP contribution in [0.2, 0.25) is 0 Å². The number of nitrogens with zero attached hydrogens (tertiary/aromatic N) is 1. The largest absolute Gasteiger partial charge is 0.480 e. The number of anilines is 1. The molecule has 100 valence electrons. The highest BCUT2D eigenvalue weighted by Crippen LogP contribution is 2.34. The molecule has 0 aliphatic carbocycles. The van der Waals surface area contributed by atoms with Crippen molar-refractivity contribution in [3.05, 3.63) is 23.8 Å². The zero-order valence-electron chi connectivity index (χ0n) is 9.99. The summed E-state index contributed by atoms with van der Waals surface area (Å²) in [6.07, 6.45) is -0.803. The quantitative estimate of drug-likeness (QED) is 0.828. The first kappa shape index (κ1) is 12.9. The van der Waals surface area contributed by atoms with Gasteiger partial charge in [0.25, 0.3) is 5.91 Å². The first-order chi connectivity index (χ1) is 8.90. The van der Waals surface area contributed by atoms with Gasteiger partial charge in [-0.1, -0.05) is 0 Å². The second-order valence-corrected chi connectivity index (χ2v) is 4.07. The molecule has 0 saturated carbocycles. The normalized spacial score (nSPS) is 17.6. The van der Waals surface area contributed by atoms with E-state index in [0.29, 0.717) is 5.75 Å². The van der Waals surface area contributed by atoms with Crippen LogP contribution in [0.3, 0.4) is 0 Å². The van der Waals surface area contributed by atoms with Gasteiger partial charge >= 0.3 is 11.9 Å². The number of hydrogen-bond acceptors (Lipinski definition) is 4. The second-order valence-electron chi connectivity index (χ2n) is 4.07. The van der Waals surface area contributed by atoms with E-state index in [1.165, 1.54) is 25.1 Å². The maximum absolute atomic E-state index is 11.9. The van der Waals surface area contributed by atoms with Crippen molar-refractivity contribution in [1.29, 1.82) is 0 Å². The van der Waals surface area contributed by atoms with E-state index in [1.54, 1.807) is 0 Å². The monoisotopic (exact) mass is 265 g/mol. The van der Waals surface area contributed by atoms with Crippen molar-refractivity contribution < 1.29 is 29.3 Å². The van der Waals surface area contributed by atoms with Crippen LogP contribution < -0.4 is 9.64 Å². The number of fused-ring (bicyclic) bond motifs is 1. The highest BCUT2D eigenvalue weighted by molar-refractivity contribution is 6.04. The third-order valence-corrected chi connectivity index (χ3v) is 2.71. The van der Waals surface area contributed by atoms with Crippen LogP contribution in [0.15, 0.2) is 18.2 Å². The summed E-state index contributed by atoms with van der Waals surface area (Å²) in [6, 6.07) is 3.98. The summed E-state index contributed by atoms with van der Waals surface area (Å²) in [5.74, 6) is -2.57. The molecule has 1 aliphatic heterocycles. The van der Waals surface area contributed by atoms with E-state index in [1.807, 2.05) is 0 Å². The van der Waals surface area contributed by atoms with Crippen molar-refractivity contribution in [2.45, 2.75) is 13.0 Å². The fraction of sp³-hybridized carbons (Fsp3) is 0.250. The first-order valence-corrected chi connectivity index (χ1v) is 5.47. The molecule has 7 heteroatoms. The summed E-state index contributed by atoms with van der Waals surface area (Å²) in [7, 11) is 0. The minimum atomic E-state index is -1.19. The van der Waals surface area contributed by atoms with Crippen molar-refractivity contribution in [3.63, 3.8) is 0 Å². The molecular formula is C12H11NO6. The van der Waals surface area contributed by atoms with Crippen LogP contribution in [0.1, 0.15) is 17.3 Å². The molecule has 0 aromatic heterocycles. The van der Waals surface area contributed by atoms with Crippen molar-refractivity contribution in [1.82, 2.24) is 0 Å². The number of benzene rings is 1. The standard InChI is InChI=1S/C12H11NO6/c1-6-11(16)13(5-10(14)15)8-4-7(12(17)18)2-3-9(8)19-6/h2-4,6H,5H2,1H3,(H,14,15)(H,17,18). The molecule has 0 bridgehead atoms. The van der Waals surface area contributed by atoms with E-state index in [9.17, 15) is 14.4 Å². The zero-order valence-corrected chi connectivity index (χ0v) is 9.99. The highest BCUT2D eigenvalue weighted by Gasteiger charge is 2.33. The van der Waals surface area contributed by atoms with Crippen LogP contribution in [0, 0.1) is 0 Å². The fourth-order valence-corrected chi connectivity index (χ4v) is 1.84. The maximum atomic E-state index is 11.9. The van der Waals surface area contributed by atoms with Gasteiger partial charge in [-0.2, -0.15) is 0 Å². The second kappa shape index (κ2) is 4.60.